The SMILES string of the molecule is C[SiH](C)OC(C(C)(C)C)C1(CO)CCCC1. The van der Waals surface area contributed by atoms with Crippen molar-refractivity contribution in [3.63, 3.8) is 0 Å². The van der Waals surface area contributed by atoms with E-state index in [1.807, 2.05) is 0 Å². The van der Waals surface area contributed by atoms with Gasteiger partial charge in [0, 0.05) is 5.41 Å². The molecule has 0 aromatic carbocycles. The summed E-state index contributed by atoms with van der Waals surface area (Å²) in [7, 11) is -1.05. The molecular weight excluding hydrogens is 216 g/mol. The van der Waals surface area contributed by atoms with Gasteiger partial charge in [-0.05, 0) is 31.4 Å². The van der Waals surface area contributed by atoms with E-state index in [0.717, 1.165) is 12.8 Å². The Bertz CT molecular complexity index is 214. The van der Waals surface area contributed by atoms with Crippen LogP contribution in [0.25, 0.3) is 0 Å². The fourth-order valence-corrected chi connectivity index (χ4v) is 4.36. The van der Waals surface area contributed by atoms with Gasteiger partial charge in [-0.1, -0.05) is 33.6 Å². The number of aliphatic hydroxyl groups is 1. The summed E-state index contributed by atoms with van der Waals surface area (Å²) in [5.41, 5.74) is 0.167. The molecule has 1 aliphatic rings. The lowest BCUT2D eigenvalue weighted by molar-refractivity contribution is -0.0584. The molecule has 96 valence electrons. The normalized spacial score (nSPS) is 22.7. The molecule has 1 unspecified atom stereocenters. The van der Waals surface area contributed by atoms with Crippen LogP contribution in [0.3, 0.4) is 0 Å². The van der Waals surface area contributed by atoms with E-state index in [2.05, 4.69) is 33.9 Å². The van der Waals surface area contributed by atoms with Crippen molar-refractivity contribution in [2.24, 2.45) is 10.8 Å². The molecule has 0 spiro atoms. The first-order valence-electron chi connectivity index (χ1n) is 6.58. The van der Waals surface area contributed by atoms with Gasteiger partial charge in [-0.3, -0.25) is 0 Å². The summed E-state index contributed by atoms with van der Waals surface area (Å²) in [5.74, 6) is 0. The first-order valence-corrected chi connectivity index (χ1v) is 9.36. The number of hydrogen-bond donors (Lipinski definition) is 1. The Morgan fingerprint density at radius 3 is 2.06 bits per heavy atom. The van der Waals surface area contributed by atoms with Crippen LogP contribution in [0.4, 0.5) is 0 Å². The molecule has 1 rings (SSSR count). The maximum atomic E-state index is 9.80. The van der Waals surface area contributed by atoms with Crippen LogP contribution in [0, 0.1) is 10.8 Å². The molecule has 1 aliphatic carbocycles. The topological polar surface area (TPSA) is 29.5 Å². The summed E-state index contributed by atoms with van der Waals surface area (Å²) < 4.78 is 6.27. The van der Waals surface area contributed by atoms with Gasteiger partial charge in [0.1, 0.15) is 0 Å². The zero-order chi connectivity index (χ0) is 12.4. The van der Waals surface area contributed by atoms with Crippen LogP contribution in [0.2, 0.25) is 13.1 Å². The van der Waals surface area contributed by atoms with E-state index in [0.29, 0.717) is 0 Å². The quantitative estimate of drug-likeness (QED) is 0.771. The van der Waals surface area contributed by atoms with Crippen LogP contribution < -0.4 is 0 Å². The molecule has 0 bridgehead atoms. The van der Waals surface area contributed by atoms with Crippen molar-refractivity contribution in [1.82, 2.24) is 0 Å². The highest BCUT2D eigenvalue weighted by Crippen LogP contribution is 2.47. The van der Waals surface area contributed by atoms with E-state index >= 15 is 0 Å². The Labute approximate surface area is 102 Å². The molecule has 3 heteroatoms. The van der Waals surface area contributed by atoms with Crippen LogP contribution in [0.15, 0.2) is 0 Å². The molecule has 1 saturated carbocycles. The molecule has 0 aromatic rings. The Kier molecular flexibility index (Phi) is 4.61. The van der Waals surface area contributed by atoms with Gasteiger partial charge < -0.3 is 9.53 Å². The minimum atomic E-state index is -1.05. The lowest BCUT2D eigenvalue weighted by atomic mass is 9.70. The molecule has 1 N–H and O–H groups in total. The van der Waals surface area contributed by atoms with Gasteiger partial charge >= 0.3 is 0 Å². The molecule has 0 heterocycles. The molecular formula is C13H28O2Si. The summed E-state index contributed by atoms with van der Waals surface area (Å²) in [6.07, 6.45) is 4.98. The maximum Gasteiger partial charge on any atom is 0.171 e. The molecule has 0 aliphatic heterocycles. The van der Waals surface area contributed by atoms with Crippen molar-refractivity contribution in [1.29, 1.82) is 0 Å². The van der Waals surface area contributed by atoms with Crippen LogP contribution in [0.1, 0.15) is 46.5 Å². The molecule has 2 nitrogen and oxygen atoms in total. The molecule has 16 heavy (non-hydrogen) atoms. The highest BCUT2D eigenvalue weighted by atomic mass is 28.3. The fraction of sp³-hybridized carbons (Fsp3) is 1.00. The third kappa shape index (κ3) is 3.08. The number of aliphatic hydroxyl groups excluding tert-OH is 1. The predicted octanol–water partition coefficient (Wildman–Crippen LogP) is 2.95. The van der Waals surface area contributed by atoms with Crippen LogP contribution in [0.5, 0.6) is 0 Å². The van der Waals surface area contributed by atoms with Gasteiger partial charge in [0.05, 0.1) is 12.7 Å². The highest BCUT2D eigenvalue weighted by Gasteiger charge is 2.46. The molecule has 1 atom stereocenters. The molecule has 0 aromatic heterocycles. The number of hydrogen-bond acceptors (Lipinski definition) is 2. The summed E-state index contributed by atoms with van der Waals surface area (Å²) in [5, 5.41) is 9.80. The van der Waals surface area contributed by atoms with Gasteiger partial charge in [0.25, 0.3) is 0 Å². The molecule has 1 fully saturated rings. The summed E-state index contributed by atoms with van der Waals surface area (Å²) >= 11 is 0. The lowest BCUT2D eigenvalue weighted by Crippen LogP contribution is -2.48. The van der Waals surface area contributed by atoms with E-state index in [9.17, 15) is 5.11 Å². The van der Waals surface area contributed by atoms with Crippen molar-refractivity contribution in [3.8, 4) is 0 Å². The third-order valence-corrected chi connectivity index (χ3v) is 4.48. The average Bonchev–Trinajstić information content (AvgIpc) is 2.61. The fourth-order valence-electron chi connectivity index (χ4n) is 3.12. The van der Waals surface area contributed by atoms with E-state index < -0.39 is 9.04 Å². The van der Waals surface area contributed by atoms with Crippen molar-refractivity contribution in [2.75, 3.05) is 6.61 Å². The highest BCUT2D eigenvalue weighted by molar-refractivity contribution is 6.48. The van der Waals surface area contributed by atoms with Crippen LogP contribution >= 0.6 is 0 Å². The maximum absolute atomic E-state index is 9.80. The largest absolute Gasteiger partial charge is 0.417 e. The second kappa shape index (κ2) is 5.19. The Morgan fingerprint density at radius 1 is 1.25 bits per heavy atom. The van der Waals surface area contributed by atoms with Crippen molar-refractivity contribution in [3.05, 3.63) is 0 Å². The molecule has 0 amide bonds. The smallest absolute Gasteiger partial charge is 0.171 e. The third-order valence-electron chi connectivity index (χ3n) is 3.67. The minimum absolute atomic E-state index is 0.0372. The first kappa shape index (κ1) is 14.2. The summed E-state index contributed by atoms with van der Waals surface area (Å²) in [6.45, 7) is 11.5. The van der Waals surface area contributed by atoms with Gasteiger partial charge in [-0.15, -0.1) is 0 Å². The second-order valence-corrected chi connectivity index (χ2v) is 9.03. The van der Waals surface area contributed by atoms with Gasteiger partial charge in [-0.25, -0.2) is 0 Å². The van der Waals surface area contributed by atoms with E-state index in [-0.39, 0.29) is 23.5 Å². The monoisotopic (exact) mass is 244 g/mol. The number of rotatable bonds is 4. The first-order chi connectivity index (χ1) is 7.32. The van der Waals surface area contributed by atoms with Crippen LogP contribution in [-0.2, 0) is 4.43 Å². The predicted molar refractivity (Wildman–Crippen MR) is 71.2 cm³/mol. The van der Waals surface area contributed by atoms with Crippen LogP contribution in [-0.4, -0.2) is 26.9 Å². The van der Waals surface area contributed by atoms with Gasteiger partial charge in [-0.2, -0.15) is 0 Å². The van der Waals surface area contributed by atoms with Crippen molar-refractivity contribution < 1.29 is 9.53 Å². The standard InChI is InChI=1S/C13H28O2Si/c1-12(2,3)11(15-16(4)5)13(10-14)8-6-7-9-13/h11,14,16H,6-10H2,1-5H3. The second-order valence-electron chi connectivity index (χ2n) is 6.66. The minimum Gasteiger partial charge on any atom is -0.417 e. The van der Waals surface area contributed by atoms with E-state index in [4.69, 9.17) is 4.43 Å². The lowest BCUT2D eigenvalue weighted by Gasteiger charge is -2.45. The summed E-state index contributed by atoms with van der Waals surface area (Å²) in [6, 6.07) is 0. The molecule has 0 radical (unpaired) electrons. The Morgan fingerprint density at radius 2 is 1.75 bits per heavy atom. The van der Waals surface area contributed by atoms with Gasteiger partial charge in [0.2, 0.25) is 0 Å². The van der Waals surface area contributed by atoms with Gasteiger partial charge in [0.15, 0.2) is 9.04 Å². The zero-order valence-electron chi connectivity index (χ0n) is 11.5. The zero-order valence-corrected chi connectivity index (χ0v) is 12.7. The summed E-state index contributed by atoms with van der Waals surface area (Å²) in [4.78, 5) is 0. The molecule has 0 saturated heterocycles. The van der Waals surface area contributed by atoms with E-state index in [1.165, 1.54) is 12.8 Å². The Balaban J connectivity index is 2.89. The van der Waals surface area contributed by atoms with Crippen molar-refractivity contribution in [2.45, 2.75) is 65.7 Å². The average molecular weight is 244 g/mol. The van der Waals surface area contributed by atoms with Crippen molar-refractivity contribution >= 4 is 9.04 Å². The van der Waals surface area contributed by atoms with E-state index in [1.54, 1.807) is 0 Å². The Hall–Kier alpha value is 0.137.